The second-order valence-electron chi connectivity index (χ2n) is 3.48. The lowest BCUT2D eigenvalue weighted by Crippen LogP contribution is -2.45. The number of ether oxygens (including phenoxy) is 1. The van der Waals surface area contributed by atoms with E-state index in [1.807, 2.05) is 37.3 Å². The fourth-order valence-electron chi connectivity index (χ4n) is 1.59. The molecular formula is C11H13NO2. The first-order valence-corrected chi connectivity index (χ1v) is 4.75. The third-order valence-electron chi connectivity index (χ3n) is 2.40. The Kier molecular flexibility index (Phi) is 2.50. The normalized spacial score (nSPS) is 27.1. The van der Waals surface area contributed by atoms with Crippen LogP contribution in [-0.4, -0.2) is 18.6 Å². The minimum Gasteiger partial charge on any atom is -0.463 e. The maximum absolute atomic E-state index is 11.1. The molecule has 0 spiro atoms. The fraction of sp³-hybridized carbons (Fsp3) is 0.364. The summed E-state index contributed by atoms with van der Waals surface area (Å²) in [6.07, 6.45) is 0. The van der Waals surface area contributed by atoms with E-state index in [4.69, 9.17) is 4.74 Å². The maximum atomic E-state index is 11.1. The lowest BCUT2D eigenvalue weighted by atomic mass is 10.1. The molecule has 74 valence electrons. The zero-order valence-corrected chi connectivity index (χ0v) is 8.07. The van der Waals surface area contributed by atoms with Crippen molar-refractivity contribution in [3.63, 3.8) is 0 Å². The summed E-state index contributed by atoms with van der Waals surface area (Å²) in [5, 5.41) is 3.21. The monoisotopic (exact) mass is 191 g/mol. The Morgan fingerprint density at radius 2 is 2.07 bits per heavy atom. The van der Waals surface area contributed by atoms with E-state index >= 15 is 0 Å². The lowest BCUT2D eigenvalue weighted by molar-refractivity contribution is -0.151. The molecule has 1 N–H and O–H groups in total. The Hall–Kier alpha value is -1.35. The molecule has 2 rings (SSSR count). The molecule has 3 heteroatoms. The Balaban J connectivity index is 2.11. The molecule has 0 radical (unpaired) electrons. The Labute approximate surface area is 83.1 Å². The van der Waals surface area contributed by atoms with E-state index in [2.05, 4.69) is 5.32 Å². The molecule has 1 aliphatic rings. The highest BCUT2D eigenvalue weighted by atomic mass is 16.5. The second kappa shape index (κ2) is 3.80. The summed E-state index contributed by atoms with van der Waals surface area (Å²) in [4.78, 5) is 11.1. The molecule has 0 saturated carbocycles. The number of carbonyl (C=O) groups excluding carboxylic acids is 1. The van der Waals surface area contributed by atoms with Gasteiger partial charge < -0.3 is 4.74 Å². The Morgan fingerprint density at radius 3 is 2.71 bits per heavy atom. The lowest BCUT2D eigenvalue weighted by Gasteiger charge is -2.28. The van der Waals surface area contributed by atoms with Crippen LogP contribution in [0.25, 0.3) is 0 Å². The van der Waals surface area contributed by atoms with Crippen molar-refractivity contribution >= 4 is 5.97 Å². The predicted octanol–water partition coefficient (Wildman–Crippen LogP) is 1.26. The van der Waals surface area contributed by atoms with Gasteiger partial charge in [-0.15, -0.1) is 0 Å². The van der Waals surface area contributed by atoms with E-state index in [0.29, 0.717) is 6.61 Å². The number of morpholine rings is 1. The molecule has 1 heterocycles. The summed E-state index contributed by atoms with van der Waals surface area (Å²) in [7, 11) is 0. The summed E-state index contributed by atoms with van der Waals surface area (Å²) < 4.78 is 5.06. The van der Waals surface area contributed by atoms with E-state index in [-0.39, 0.29) is 18.1 Å². The molecule has 1 saturated heterocycles. The van der Waals surface area contributed by atoms with Crippen molar-refractivity contribution in [1.29, 1.82) is 0 Å². The first-order valence-electron chi connectivity index (χ1n) is 4.75. The van der Waals surface area contributed by atoms with Gasteiger partial charge in [-0.1, -0.05) is 30.3 Å². The molecule has 1 fully saturated rings. The molecule has 0 aromatic heterocycles. The van der Waals surface area contributed by atoms with Crippen molar-refractivity contribution in [3.05, 3.63) is 35.9 Å². The van der Waals surface area contributed by atoms with E-state index in [0.717, 1.165) is 5.56 Å². The number of hydrogen-bond donors (Lipinski definition) is 1. The van der Waals surface area contributed by atoms with Crippen molar-refractivity contribution in [3.8, 4) is 0 Å². The van der Waals surface area contributed by atoms with Crippen LogP contribution in [0.3, 0.4) is 0 Å². The average molecular weight is 191 g/mol. The van der Waals surface area contributed by atoms with Crippen molar-refractivity contribution in [2.45, 2.75) is 19.0 Å². The summed E-state index contributed by atoms with van der Waals surface area (Å²) in [6.45, 7) is 2.24. The molecule has 0 unspecified atom stereocenters. The highest BCUT2D eigenvalue weighted by Crippen LogP contribution is 2.17. The molecule has 0 aliphatic carbocycles. The quantitative estimate of drug-likeness (QED) is 0.679. The van der Waals surface area contributed by atoms with Crippen LogP contribution in [0, 0.1) is 0 Å². The number of benzene rings is 1. The van der Waals surface area contributed by atoms with Gasteiger partial charge in [0.2, 0.25) is 0 Å². The summed E-state index contributed by atoms with van der Waals surface area (Å²) in [5.74, 6) is -0.169. The number of rotatable bonds is 1. The molecule has 1 aliphatic heterocycles. The van der Waals surface area contributed by atoms with E-state index in [1.165, 1.54) is 0 Å². The van der Waals surface area contributed by atoms with E-state index < -0.39 is 0 Å². The van der Waals surface area contributed by atoms with Gasteiger partial charge in [0.05, 0.1) is 6.04 Å². The first kappa shape index (κ1) is 9.21. The van der Waals surface area contributed by atoms with Crippen LogP contribution in [0.15, 0.2) is 30.3 Å². The molecule has 0 bridgehead atoms. The van der Waals surface area contributed by atoms with Crippen LogP contribution >= 0.6 is 0 Å². The van der Waals surface area contributed by atoms with Gasteiger partial charge in [-0.05, 0) is 12.5 Å². The van der Waals surface area contributed by atoms with Crippen molar-refractivity contribution in [1.82, 2.24) is 5.32 Å². The zero-order valence-electron chi connectivity index (χ0n) is 8.07. The van der Waals surface area contributed by atoms with Gasteiger partial charge in [0, 0.05) is 0 Å². The second-order valence-corrected chi connectivity index (χ2v) is 3.48. The predicted molar refractivity (Wildman–Crippen MR) is 52.7 cm³/mol. The van der Waals surface area contributed by atoms with Crippen molar-refractivity contribution in [2.75, 3.05) is 6.61 Å². The number of hydrogen-bond acceptors (Lipinski definition) is 3. The Bertz CT molecular complexity index is 323. The smallest absolute Gasteiger partial charge is 0.322 e. The fourth-order valence-corrected chi connectivity index (χ4v) is 1.59. The van der Waals surface area contributed by atoms with Crippen LogP contribution in [0.4, 0.5) is 0 Å². The van der Waals surface area contributed by atoms with Gasteiger partial charge in [-0.25, -0.2) is 0 Å². The molecule has 14 heavy (non-hydrogen) atoms. The van der Waals surface area contributed by atoms with Crippen molar-refractivity contribution in [2.24, 2.45) is 0 Å². The maximum Gasteiger partial charge on any atom is 0.322 e. The molecule has 2 atom stereocenters. The highest BCUT2D eigenvalue weighted by Gasteiger charge is 2.26. The molecule has 0 amide bonds. The third-order valence-corrected chi connectivity index (χ3v) is 2.40. The van der Waals surface area contributed by atoms with Crippen LogP contribution in [0.5, 0.6) is 0 Å². The number of cyclic esters (lactones) is 1. The topological polar surface area (TPSA) is 38.3 Å². The van der Waals surface area contributed by atoms with Crippen LogP contribution in [-0.2, 0) is 9.53 Å². The SMILES string of the molecule is C[C@@H]1N[C@H](c2ccccc2)COC1=O. The van der Waals surface area contributed by atoms with Crippen LogP contribution in [0.1, 0.15) is 18.5 Å². The minimum atomic E-state index is -0.214. The summed E-state index contributed by atoms with van der Waals surface area (Å²) in [5.41, 5.74) is 1.16. The van der Waals surface area contributed by atoms with Gasteiger partial charge in [0.1, 0.15) is 12.6 Å². The van der Waals surface area contributed by atoms with Gasteiger partial charge in [-0.2, -0.15) is 0 Å². The Morgan fingerprint density at radius 1 is 1.36 bits per heavy atom. The van der Waals surface area contributed by atoms with Gasteiger partial charge in [0.15, 0.2) is 0 Å². The molecule has 1 aromatic rings. The largest absolute Gasteiger partial charge is 0.463 e. The minimum absolute atomic E-state index is 0.129. The van der Waals surface area contributed by atoms with E-state index in [1.54, 1.807) is 0 Å². The van der Waals surface area contributed by atoms with Gasteiger partial charge in [-0.3, -0.25) is 10.1 Å². The van der Waals surface area contributed by atoms with Crippen LogP contribution < -0.4 is 5.32 Å². The molecular weight excluding hydrogens is 178 g/mol. The van der Waals surface area contributed by atoms with Gasteiger partial charge >= 0.3 is 5.97 Å². The molecule has 1 aromatic carbocycles. The third kappa shape index (κ3) is 1.77. The first-order chi connectivity index (χ1) is 6.77. The van der Waals surface area contributed by atoms with Gasteiger partial charge in [0.25, 0.3) is 0 Å². The summed E-state index contributed by atoms with van der Waals surface area (Å²) >= 11 is 0. The zero-order chi connectivity index (χ0) is 9.97. The highest BCUT2D eigenvalue weighted by molar-refractivity contribution is 5.76. The number of carbonyl (C=O) groups is 1. The number of esters is 1. The van der Waals surface area contributed by atoms with Crippen LogP contribution in [0.2, 0.25) is 0 Å². The standard InChI is InChI=1S/C11H13NO2/c1-8-11(13)14-7-10(12-8)9-5-3-2-4-6-9/h2-6,8,10,12H,7H2,1H3/t8-,10-/m0/s1. The average Bonchev–Trinajstić information content (AvgIpc) is 2.23. The summed E-state index contributed by atoms with van der Waals surface area (Å²) in [6, 6.07) is 9.92. The van der Waals surface area contributed by atoms with E-state index in [9.17, 15) is 4.79 Å². The molecule has 3 nitrogen and oxygen atoms in total. The van der Waals surface area contributed by atoms with Crippen molar-refractivity contribution < 1.29 is 9.53 Å². The number of nitrogens with one attached hydrogen (secondary N) is 1.